The van der Waals surface area contributed by atoms with Crippen LogP contribution in [0.4, 0.5) is 10.5 Å². The Kier molecular flexibility index (Phi) is 3.47. The molecule has 0 bridgehead atoms. The van der Waals surface area contributed by atoms with Crippen LogP contribution in [0.1, 0.15) is 6.92 Å². The number of nitrogens with one attached hydrogen (secondary N) is 1. The van der Waals surface area contributed by atoms with Crippen LogP contribution in [0.3, 0.4) is 0 Å². The van der Waals surface area contributed by atoms with E-state index in [0.29, 0.717) is 5.02 Å². The van der Waals surface area contributed by atoms with E-state index in [0.717, 1.165) is 4.90 Å². The zero-order chi connectivity index (χ0) is 13.4. The average Bonchev–Trinajstić information content (AvgIpc) is 2.58. The first-order valence-electron chi connectivity index (χ1n) is 5.19. The molecule has 0 aliphatic carbocycles. The predicted molar refractivity (Wildman–Crippen MR) is 67.9 cm³/mol. The number of anilines is 1. The molecule has 2 atom stereocenters. The van der Waals surface area contributed by atoms with Crippen LogP contribution in [-0.2, 0) is 4.79 Å². The Bertz CT molecular complexity index is 519. The molecule has 2 rings (SSSR count). The van der Waals surface area contributed by atoms with Crippen LogP contribution in [0.2, 0.25) is 10.0 Å². The first-order chi connectivity index (χ1) is 8.41. The van der Waals surface area contributed by atoms with E-state index < -0.39 is 24.1 Å². The molecule has 0 saturated carbocycles. The van der Waals surface area contributed by atoms with Gasteiger partial charge in [0.15, 0.2) is 0 Å². The third kappa shape index (κ3) is 2.16. The van der Waals surface area contributed by atoms with Crippen molar-refractivity contribution in [2.75, 3.05) is 4.90 Å². The lowest BCUT2D eigenvalue weighted by molar-refractivity contribution is -0.120. The van der Waals surface area contributed by atoms with E-state index >= 15 is 0 Å². The molecule has 1 aromatic rings. The van der Waals surface area contributed by atoms with Gasteiger partial charge >= 0.3 is 6.03 Å². The zero-order valence-corrected chi connectivity index (χ0v) is 10.9. The Hall–Kier alpha value is -1.30. The number of aliphatic hydroxyl groups is 1. The third-order valence-corrected chi connectivity index (χ3v) is 3.15. The molecule has 3 amide bonds. The van der Waals surface area contributed by atoms with E-state index in [4.69, 9.17) is 23.2 Å². The van der Waals surface area contributed by atoms with Crippen molar-refractivity contribution >= 4 is 40.8 Å². The second kappa shape index (κ2) is 4.76. The monoisotopic (exact) mass is 288 g/mol. The van der Waals surface area contributed by atoms with Gasteiger partial charge < -0.3 is 10.4 Å². The molecule has 18 heavy (non-hydrogen) atoms. The minimum absolute atomic E-state index is 0.204. The van der Waals surface area contributed by atoms with E-state index in [2.05, 4.69) is 5.32 Å². The lowest BCUT2D eigenvalue weighted by Gasteiger charge is -2.15. The summed E-state index contributed by atoms with van der Waals surface area (Å²) in [6.07, 6.45) is -0.982. The van der Waals surface area contributed by atoms with Gasteiger partial charge in [-0.2, -0.15) is 0 Å². The molecular weight excluding hydrogens is 279 g/mol. The lowest BCUT2D eigenvalue weighted by Crippen LogP contribution is -2.39. The van der Waals surface area contributed by atoms with Crippen molar-refractivity contribution in [1.82, 2.24) is 5.32 Å². The molecule has 5 nitrogen and oxygen atoms in total. The number of rotatable bonds is 2. The zero-order valence-electron chi connectivity index (χ0n) is 9.35. The molecule has 96 valence electrons. The van der Waals surface area contributed by atoms with Gasteiger partial charge in [0.1, 0.15) is 6.04 Å². The fourth-order valence-corrected chi connectivity index (χ4v) is 2.08. The van der Waals surface area contributed by atoms with Crippen LogP contribution in [0.5, 0.6) is 0 Å². The van der Waals surface area contributed by atoms with E-state index in [9.17, 15) is 14.7 Å². The van der Waals surface area contributed by atoms with Crippen molar-refractivity contribution in [2.24, 2.45) is 0 Å². The number of aliphatic hydroxyl groups excluding tert-OH is 1. The van der Waals surface area contributed by atoms with Crippen molar-refractivity contribution in [1.29, 1.82) is 0 Å². The van der Waals surface area contributed by atoms with Gasteiger partial charge in [0.2, 0.25) is 0 Å². The minimum atomic E-state index is -0.982. The summed E-state index contributed by atoms with van der Waals surface area (Å²) in [4.78, 5) is 24.6. The number of hydrogen-bond donors (Lipinski definition) is 2. The maximum atomic E-state index is 12.0. The summed E-state index contributed by atoms with van der Waals surface area (Å²) in [7, 11) is 0. The minimum Gasteiger partial charge on any atom is -0.391 e. The summed E-state index contributed by atoms with van der Waals surface area (Å²) >= 11 is 11.8. The number of carbonyl (C=O) groups excluding carboxylic acids is 2. The van der Waals surface area contributed by atoms with E-state index in [1.807, 2.05) is 0 Å². The largest absolute Gasteiger partial charge is 0.391 e. The Morgan fingerprint density at radius 2 is 2.06 bits per heavy atom. The molecule has 1 aliphatic heterocycles. The van der Waals surface area contributed by atoms with Crippen LogP contribution in [0.15, 0.2) is 18.2 Å². The van der Waals surface area contributed by atoms with Crippen molar-refractivity contribution < 1.29 is 14.7 Å². The fourth-order valence-electron chi connectivity index (χ4n) is 1.71. The SMILES string of the molecule is C[C@H](O)[C@@H]1NC(=O)N(c2cc(Cl)ccc2Cl)C1=O. The number of halogens is 2. The van der Waals surface area contributed by atoms with Gasteiger partial charge in [0.05, 0.1) is 16.8 Å². The Balaban J connectivity index is 2.42. The number of benzene rings is 1. The maximum Gasteiger partial charge on any atom is 0.329 e. The maximum absolute atomic E-state index is 12.0. The van der Waals surface area contributed by atoms with E-state index in [1.165, 1.54) is 19.1 Å². The summed E-state index contributed by atoms with van der Waals surface area (Å²) in [5.74, 6) is -0.556. The highest BCUT2D eigenvalue weighted by atomic mass is 35.5. The molecule has 0 unspecified atom stereocenters. The Morgan fingerprint density at radius 1 is 1.39 bits per heavy atom. The van der Waals surface area contributed by atoms with Gasteiger partial charge in [-0.25, -0.2) is 9.69 Å². The predicted octanol–water partition coefficient (Wildman–Crippen LogP) is 1.80. The molecule has 7 heteroatoms. The second-order valence-corrected chi connectivity index (χ2v) is 4.78. The normalized spacial score (nSPS) is 21.1. The smallest absolute Gasteiger partial charge is 0.329 e. The van der Waals surface area contributed by atoms with Crippen LogP contribution in [-0.4, -0.2) is 29.2 Å². The van der Waals surface area contributed by atoms with Crippen LogP contribution in [0.25, 0.3) is 0 Å². The number of urea groups is 1. The van der Waals surface area contributed by atoms with Crippen LogP contribution >= 0.6 is 23.2 Å². The average molecular weight is 289 g/mol. The van der Waals surface area contributed by atoms with Crippen LogP contribution in [0, 0.1) is 0 Å². The standard InChI is InChI=1S/C11H10Cl2N2O3/c1-5(16)9-10(17)15(11(18)14-9)8-4-6(12)2-3-7(8)13/h2-5,9,16H,1H3,(H,14,18)/t5-,9-/m0/s1. The van der Waals surface area contributed by atoms with Crippen LogP contribution < -0.4 is 10.2 Å². The van der Waals surface area contributed by atoms with Crippen molar-refractivity contribution in [3.8, 4) is 0 Å². The molecule has 0 aromatic heterocycles. The van der Waals surface area contributed by atoms with E-state index in [-0.39, 0.29) is 10.7 Å². The number of hydrogen-bond acceptors (Lipinski definition) is 3. The molecule has 1 aliphatic rings. The van der Waals surface area contributed by atoms with E-state index in [1.54, 1.807) is 6.07 Å². The van der Waals surface area contributed by atoms with Crippen molar-refractivity contribution in [2.45, 2.75) is 19.1 Å². The molecule has 0 radical (unpaired) electrons. The fraction of sp³-hybridized carbons (Fsp3) is 0.273. The van der Waals surface area contributed by atoms with Crippen molar-refractivity contribution in [3.63, 3.8) is 0 Å². The van der Waals surface area contributed by atoms with Gasteiger partial charge in [0.25, 0.3) is 5.91 Å². The number of nitrogens with zero attached hydrogens (tertiary/aromatic N) is 1. The second-order valence-electron chi connectivity index (χ2n) is 3.94. The van der Waals surface area contributed by atoms with Gasteiger partial charge in [-0.3, -0.25) is 4.79 Å². The summed E-state index contributed by atoms with van der Waals surface area (Å²) in [5, 5.41) is 12.4. The molecule has 1 fully saturated rings. The number of imide groups is 1. The molecule has 1 saturated heterocycles. The number of amides is 3. The highest BCUT2D eigenvalue weighted by Gasteiger charge is 2.42. The quantitative estimate of drug-likeness (QED) is 0.816. The molecular formula is C11H10Cl2N2O3. The topological polar surface area (TPSA) is 69.6 Å². The first kappa shape index (κ1) is 13.1. The van der Waals surface area contributed by atoms with Crippen molar-refractivity contribution in [3.05, 3.63) is 28.2 Å². The lowest BCUT2D eigenvalue weighted by atomic mass is 10.2. The Labute approximate surface area is 113 Å². The molecule has 2 N–H and O–H groups in total. The van der Waals surface area contributed by atoms with Gasteiger partial charge in [-0.15, -0.1) is 0 Å². The third-order valence-electron chi connectivity index (χ3n) is 2.60. The van der Waals surface area contributed by atoms with Gasteiger partial charge in [0, 0.05) is 5.02 Å². The van der Waals surface area contributed by atoms with Gasteiger partial charge in [-0.05, 0) is 25.1 Å². The molecule has 1 heterocycles. The summed E-state index contributed by atoms with van der Waals surface area (Å²) in [6.45, 7) is 1.42. The molecule has 0 spiro atoms. The summed E-state index contributed by atoms with van der Waals surface area (Å²) in [5.41, 5.74) is 0.204. The molecule has 1 aromatic carbocycles. The Morgan fingerprint density at radius 3 is 2.61 bits per heavy atom. The highest BCUT2D eigenvalue weighted by Crippen LogP contribution is 2.31. The number of carbonyl (C=O) groups is 2. The highest BCUT2D eigenvalue weighted by molar-refractivity contribution is 6.37. The summed E-state index contributed by atoms with van der Waals surface area (Å²) < 4.78 is 0. The summed E-state index contributed by atoms with van der Waals surface area (Å²) in [6, 6.07) is 2.88. The first-order valence-corrected chi connectivity index (χ1v) is 5.95. The van der Waals surface area contributed by atoms with Gasteiger partial charge in [-0.1, -0.05) is 23.2 Å².